The van der Waals surface area contributed by atoms with Crippen molar-refractivity contribution >= 4 is 17.9 Å². The van der Waals surface area contributed by atoms with E-state index in [1.807, 2.05) is 21.1 Å². The zero-order valence-corrected chi connectivity index (χ0v) is 38.4. The third-order valence-corrected chi connectivity index (χ3v) is 10.5. The van der Waals surface area contributed by atoms with Crippen molar-refractivity contribution in [2.75, 3.05) is 47.5 Å². The number of esters is 2. The number of carboxylic acids is 1. The van der Waals surface area contributed by atoms with Crippen LogP contribution in [0, 0.1) is 0 Å². The summed E-state index contributed by atoms with van der Waals surface area (Å²) in [4.78, 5) is 37.0. The number of hydrogen-bond acceptors (Lipinski definition) is 8. The van der Waals surface area contributed by atoms with Crippen molar-refractivity contribution in [3.05, 3.63) is 24.3 Å². The van der Waals surface area contributed by atoms with Gasteiger partial charge in [-0.1, -0.05) is 179 Å². The van der Waals surface area contributed by atoms with E-state index in [1.54, 1.807) is 0 Å². The van der Waals surface area contributed by atoms with Crippen LogP contribution in [-0.4, -0.2) is 82.3 Å². The topological polar surface area (TPSA) is 111 Å². The summed E-state index contributed by atoms with van der Waals surface area (Å²) in [5.41, 5.74) is 0. The van der Waals surface area contributed by atoms with Crippen molar-refractivity contribution in [1.29, 1.82) is 0 Å². The number of carboxylic acid groups (broad SMARTS) is 1. The van der Waals surface area contributed by atoms with E-state index in [1.165, 1.54) is 128 Å². The third-order valence-electron chi connectivity index (χ3n) is 10.5. The van der Waals surface area contributed by atoms with E-state index in [2.05, 4.69) is 38.2 Å². The predicted molar refractivity (Wildman–Crippen MR) is 237 cm³/mol. The molecule has 0 amide bonds. The van der Waals surface area contributed by atoms with Crippen LogP contribution in [-0.2, 0) is 33.3 Å². The van der Waals surface area contributed by atoms with Crippen LogP contribution in [0.25, 0.3) is 0 Å². The van der Waals surface area contributed by atoms with Crippen molar-refractivity contribution < 1.29 is 42.9 Å². The first kappa shape index (κ1) is 55.8. The first-order valence-electron chi connectivity index (χ1n) is 24.0. The molecule has 2 unspecified atom stereocenters. The normalized spacial score (nSPS) is 13.1. The molecule has 58 heavy (non-hydrogen) atoms. The van der Waals surface area contributed by atoms with E-state index >= 15 is 0 Å². The van der Waals surface area contributed by atoms with Crippen molar-refractivity contribution in [1.82, 2.24) is 0 Å². The van der Waals surface area contributed by atoms with Gasteiger partial charge in [0.2, 0.25) is 0 Å². The number of aliphatic carboxylic acids is 1. The number of unbranched alkanes of at least 4 members (excludes halogenated alkanes) is 25. The molecule has 0 N–H and O–H groups in total. The summed E-state index contributed by atoms with van der Waals surface area (Å²) in [6.07, 6.45) is 42.0. The highest BCUT2D eigenvalue weighted by Crippen LogP contribution is 2.15. The van der Waals surface area contributed by atoms with E-state index in [0.29, 0.717) is 23.9 Å². The average molecular weight is 822 g/mol. The molecule has 0 aliphatic carbocycles. The summed E-state index contributed by atoms with van der Waals surface area (Å²) in [5, 5.41) is 11.7. The highest BCUT2D eigenvalue weighted by atomic mass is 16.7. The van der Waals surface area contributed by atoms with E-state index in [0.717, 1.165) is 51.4 Å². The minimum Gasteiger partial charge on any atom is -0.545 e. The first-order valence-corrected chi connectivity index (χ1v) is 24.0. The van der Waals surface area contributed by atoms with E-state index < -0.39 is 24.3 Å². The van der Waals surface area contributed by atoms with Crippen LogP contribution in [0.15, 0.2) is 24.3 Å². The monoisotopic (exact) mass is 822 g/mol. The molecule has 0 radical (unpaired) electrons. The highest BCUT2D eigenvalue weighted by Gasteiger charge is 2.21. The number of quaternary nitrogens is 1. The number of ether oxygens (including phenoxy) is 4. The Morgan fingerprint density at radius 2 is 0.931 bits per heavy atom. The Bertz CT molecular complexity index is 1010. The molecule has 9 heteroatoms. The van der Waals surface area contributed by atoms with Gasteiger partial charge in [0, 0.05) is 12.8 Å². The minimum atomic E-state index is -1.62. The van der Waals surface area contributed by atoms with Gasteiger partial charge in [0.05, 0.1) is 40.3 Å². The maximum Gasteiger partial charge on any atom is 0.306 e. The first-order chi connectivity index (χ1) is 28.1. The lowest BCUT2D eigenvalue weighted by Gasteiger charge is -2.26. The highest BCUT2D eigenvalue weighted by molar-refractivity contribution is 5.70. The maximum atomic E-state index is 12.8. The Kier molecular flexibility index (Phi) is 39.9. The second-order valence-electron chi connectivity index (χ2n) is 17.4. The Morgan fingerprint density at radius 3 is 1.40 bits per heavy atom. The van der Waals surface area contributed by atoms with E-state index in [-0.39, 0.29) is 32.2 Å². The van der Waals surface area contributed by atoms with Crippen molar-refractivity contribution in [2.24, 2.45) is 0 Å². The molecule has 0 aliphatic rings. The Labute approximate surface area is 357 Å². The number of hydrogen-bond donors (Lipinski definition) is 0. The number of carbonyl (C=O) groups excluding carboxylic acids is 3. The number of nitrogens with zero attached hydrogens (tertiary/aromatic N) is 1. The second-order valence-corrected chi connectivity index (χ2v) is 17.4. The van der Waals surface area contributed by atoms with Gasteiger partial charge in [0.15, 0.2) is 12.4 Å². The zero-order chi connectivity index (χ0) is 42.8. The SMILES string of the molecule is CCCCC/C=C\C/C=C\CCCCCCCCCC(=O)OC(COC(=O)CCCCCCCCCCCCCCCCCC)COC(OCC[N+](C)(C)C)C(=O)[O-]. The fraction of sp³-hybridized carbons (Fsp3) is 0.857. The summed E-state index contributed by atoms with van der Waals surface area (Å²) in [7, 11) is 5.91. The van der Waals surface area contributed by atoms with Crippen molar-refractivity contribution in [2.45, 2.75) is 225 Å². The van der Waals surface area contributed by atoms with Crippen molar-refractivity contribution in [3.63, 3.8) is 0 Å². The number of allylic oxidation sites excluding steroid dienone is 4. The summed E-state index contributed by atoms with van der Waals surface area (Å²) >= 11 is 0. The van der Waals surface area contributed by atoms with Gasteiger partial charge in [-0.15, -0.1) is 0 Å². The molecule has 0 aliphatic heterocycles. The maximum absolute atomic E-state index is 12.8. The molecule has 0 aromatic carbocycles. The van der Waals surface area contributed by atoms with Gasteiger partial charge in [0.25, 0.3) is 0 Å². The average Bonchev–Trinajstić information content (AvgIpc) is 3.18. The molecular weight excluding hydrogens is 731 g/mol. The molecule has 0 aromatic rings. The minimum absolute atomic E-state index is 0.148. The lowest BCUT2D eigenvalue weighted by atomic mass is 10.0. The van der Waals surface area contributed by atoms with Crippen LogP contribution in [0.5, 0.6) is 0 Å². The molecule has 9 nitrogen and oxygen atoms in total. The summed E-state index contributed by atoms with van der Waals surface area (Å²) in [6.45, 7) is 4.73. The van der Waals surface area contributed by atoms with Gasteiger partial charge < -0.3 is 33.3 Å². The number of carbonyl (C=O) groups is 3. The van der Waals surface area contributed by atoms with Gasteiger partial charge >= 0.3 is 11.9 Å². The van der Waals surface area contributed by atoms with Gasteiger partial charge in [-0.05, 0) is 44.9 Å². The molecule has 0 aromatic heterocycles. The molecule has 0 fully saturated rings. The largest absolute Gasteiger partial charge is 0.545 e. The standard InChI is InChI=1S/C49H91NO8/c1-6-8-10-12-14-16-18-20-22-24-26-28-30-32-34-36-38-40-47(52)58-45(44-57-49(48(53)54)55-42-41-50(3,4)5)43-56-46(51)39-37-35-33-31-29-27-25-23-21-19-17-15-13-11-9-7-2/h14,16,20,22,45,49H,6-13,15,17-19,21,23-44H2,1-5H3/b16-14-,22-20-. The Hall–Kier alpha value is -2.23. The van der Waals surface area contributed by atoms with Gasteiger partial charge in [-0.2, -0.15) is 0 Å². The van der Waals surface area contributed by atoms with Crippen LogP contribution in [0.3, 0.4) is 0 Å². The van der Waals surface area contributed by atoms with Gasteiger partial charge in [-0.3, -0.25) is 9.59 Å². The molecular formula is C49H91NO8. The van der Waals surface area contributed by atoms with E-state index in [4.69, 9.17) is 18.9 Å². The third kappa shape index (κ3) is 41.9. The smallest absolute Gasteiger partial charge is 0.306 e. The quantitative estimate of drug-likeness (QED) is 0.0196. The molecule has 0 spiro atoms. The zero-order valence-electron chi connectivity index (χ0n) is 38.4. The fourth-order valence-electron chi connectivity index (χ4n) is 6.68. The van der Waals surface area contributed by atoms with Crippen LogP contribution in [0.1, 0.15) is 213 Å². The summed E-state index contributed by atoms with van der Waals surface area (Å²) in [5.74, 6) is -2.28. The lowest BCUT2D eigenvalue weighted by molar-refractivity contribution is -0.870. The van der Waals surface area contributed by atoms with Gasteiger partial charge in [0.1, 0.15) is 13.2 Å². The summed E-state index contributed by atoms with van der Waals surface area (Å²) in [6, 6.07) is 0. The van der Waals surface area contributed by atoms with Crippen LogP contribution < -0.4 is 5.11 Å². The molecule has 0 saturated heterocycles. The van der Waals surface area contributed by atoms with E-state index in [9.17, 15) is 19.5 Å². The molecule has 0 rings (SSSR count). The Balaban J connectivity index is 4.39. The lowest BCUT2D eigenvalue weighted by Crippen LogP contribution is -2.44. The number of rotatable bonds is 44. The van der Waals surface area contributed by atoms with Crippen LogP contribution >= 0.6 is 0 Å². The number of likely N-dealkylation sites (N-methyl/N-ethyl adjacent to an activating group) is 1. The predicted octanol–water partition coefficient (Wildman–Crippen LogP) is 11.5. The summed E-state index contributed by atoms with van der Waals surface area (Å²) < 4.78 is 22.6. The van der Waals surface area contributed by atoms with Crippen LogP contribution in [0.4, 0.5) is 0 Å². The van der Waals surface area contributed by atoms with Crippen LogP contribution in [0.2, 0.25) is 0 Å². The van der Waals surface area contributed by atoms with Crippen molar-refractivity contribution in [3.8, 4) is 0 Å². The molecule has 0 bridgehead atoms. The van der Waals surface area contributed by atoms with Gasteiger partial charge in [-0.25, -0.2) is 0 Å². The second kappa shape index (κ2) is 41.5. The molecule has 0 saturated carbocycles. The molecule has 2 atom stereocenters. The fourth-order valence-corrected chi connectivity index (χ4v) is 6.68. The molecule has 340 valence electrons. The Morgan fingerprint density at radius 1 is 0.517 bits per heavy atom. The molecule has 0 heterocycles.